The van der Waals surface area contributed by atoms with E-state index in [0.29, 0.717) is 43.2 Å². The lowest BCUT2D eigenvalue weighted by Crippen LogP contribution is -2.19. The molecule has 0 saturated carbocycles. The number of amides is 1. The van der Waals surface area contributed by atoms with Crippen LogP contribution in [0.25, 0.3) is 10.4 Å². The zero-order valence-electron chi connectivity index (χ0n) is 23.8. The summed E-state index contributed by atoms with van der Waals surface area (Å²) in [5, 5.41) is 6.22. The molecule has 1 amide bonds. The van der Waals surface area contributed by atoms with E-state index in [2.05, 4.69) is 45.9 Å². The molecule has 3 aromatic carbocycles. The van der Waals surface area contributed by atoms with Crippen LogP contribution in [0.5, 0.6) is 0 Å². The maximum Gasteiger partial charge on any atom is 0.250 e. The lowest BCUT2D eigenvalue weighted by Gasteiger charge is -2.07. The average molecular weight is 566 g/mol. The molecule has 0 radical (unpaired) electrons. The number of nitrogens with zero attached hydrogens (tertiary/aromatic N) is 3. The van der Waals surface area contributed by atoms with Crippen LogP contribution in [-0.2, 0) is 32.2 Å². The predicted octanol–water partition coefficient (Wildman–Crippen LogP) is 5.15. The van der Waals surface area contributed by atoms with E-state index in [1.54, 1.807) is 12.1 Å². The minimum atomic E-state index is -0.340. The second-order valence-electron chi connectivity index (χ2n) is 9.14. The second kappa shape index (κ2) is 18.7. The van der Waals surface area contributed by atoms with Gasteiger partial charge in [0.05, 0.1) is 26.4 Å². The molecule has 0 heterocycles. The smallest absolute Gasteiger partial charge is 0.250 e. The molecule has 0 aliphatic heterocycles. The van der Waals surface area contributed by atoms with Crippen molar-refractivity contribution in [3.8, 4) is 23.7 Å². The van der Waals surface area contributed by atoms with E-state index in [4.69, 9.17) is 25.5 Å². The number of ether oxygens (including phenoxy) is 3. The molecule has 9 nitrogen and oxygen atoms in total. The second-order valence-corrected chi connectivity index (χ2v) is 9.14. The first-order valence-corrected chi connectivity index (χ1v) is 13.7. The molecular formula is C33H35N5O4. The Morgan fingerprint density at radius 2 is 1.36 bits per heavy atom. The topological polar surface area (TPSA) is 132 Å². The first kappa shape index (κ1) is 31.9. The number of azide groups is 1. The van der Waals surface area contributed by atoms with Crippen molar-refractivity contribution in [2.75, 3.05) is 44.8 Å². The molecule has 0 spiro atoms. The fourth-order valence-corrected chi connectivity index (χ4v) is 3.62. The minimum Gasteiger partial charge on any atom is -0.377 e. The van der Waals surface area contributed by atoms with Gasteiger partial charge in [0, 0.05) is 52.5 Å². The lowest BCUT2D eigenvalue weighted by molar-refractivity contribution is -0.120. The van der Waals surface area contributed by atoms with Gasteiger partial charge in [0.15, 0.2) is 0 Å². The maximum absolute atomic E-state index is 12.4. The number of nitrogens with two attached hydrogens (primary N) is 1. The fraction of sp³-hybridized carbons (Fsp3) is 0.303. The van der Waals surface area contributed by atoms with Gasteiger partial charge in [-0.05, 0) is 65.5 Å². The Morgan fingerprint density at radius 1 is 0.810 bits per heavy atom. The summed E-state index contributed by atoms with van der Waals surface area (Å²) in [6.07, 6.45) is 0.983. The van der Waals surface area contributed by atoms with Crippen LogP contribution in [0.4, 0.5) is 5.69 Å². The Kier molecular flexibility index (Phi) is 14.2. The highest BCUT2D eigenvalue weighted by molar-refractivity contribution is 5.92. The highest BCUT2D eigenvalue weighted by Crippen LogP contribution is 2.15. The fourth-order valence-electron chi connectivity index (χ4n) is 3.62. The van der Waals surface area contributed by atoms with E-state index in [1.165, 1.54) is 0 Å². The van der Waals surface area contributed by atoms with Crippen LogP contribution in [-0.4, -0.2) is 45.4 Å². The van der Waals surface area contributed by atoms with Gasteiger partial charge >= 0.3 is 0 Å². The van der Waals surface area contributed by atoms with Crippen molar-refractivity contribution in [2.24, 2.45) is 10.8 Å². The SMILES string of the molecule is CCCOCc1ccc(C#Cc2cc(C#Cc3ccc(COCCN)cc3)cc(NC(=O)COCCN=[N+]=[N-])c2)cc1. The molecule has 3 aromatic rings. The molecule has 0 saturated heterocycles. The first-order chi connectivity index (χ1) is 20.6. The highest BCUT2D eigenvalue weighted by Gasteiger charge is 2.05. The number of carbonyl (C=O) groups excluding carboxylic acids is 1. The Bertz CT molecular complexity index is 1370. The molecule has 3 rings (SSSR count). The van der Waals surface area contributed by atoms with Crippen LogP contribution in [0.2, 0.25) is 0 Å². The van der Waals surface area contributed by atoms with Crippen molar-refractivity contribution >= 4 is 11.6 Å². The molecule has 216 valence electrons. The van der Waals surface area contributed by atoms with Gasteiger partial charge in [-0.15, -0.1) is 0 Å². The molecule has 0 aliphatic carbocycles. The summed E-state index contributed by atoms with van der Waals surface area (Å²) in [6, 6.07) is 21.2. The summed E-state index contributed by atoms with van der Waals surface area (Å²) in [6.45, 7) is 5.03. The van der Waals surface area contributed by atoms with Crippen molar-refractivity contribution in [3.63, 3.8) is 0 Å². The number of rotatable bonds is 14. The molecule has 42 heavy (non-hydrogen) atoms. The van der Waals surface area contributed by atoms with E-state index >= 15 is 0 Å². The summed E-state index contributed by atoms with van der Waals surface area (Å²) in [5.41, 5.74) is 19.6. The molecule has 3 N–H and O–H groups in total. The molecule has 0 atom stereocenters. The summed E-state index contributed by atoms with van der Waals surface area (Å²) >= 11 is 0. The maximum atomic E-state index is 12.4. The number of nitrogens with one attached hydrogen (secondary N) is 1. The van der Waals surface area contributed by atoms with Crippen LogP contribution >= 0.6 is 0 Å². The van der Waals surface area contributed by atoms with Gasteiger partial charge in [-0.25, -0.2) is 0 Å². The van der Waals surface area contributed by atoms with E-state index in [0.717, 1.165) is 35.3 Å². The van der Waals surface area contributed by atoms with E-state index in [9.17, 15) is 4.79 Å². The summed E-state index contributed by atoms with van der Waals surface area (Å²) < 4.78 is 16.3. The van der Waals surface area contributed by atoms with Crippen LogP contribution in [0.1, 0.15) is 46.7 Å². The van der Waals surface area contributed by atoms with E-state index in [1.807, 2.05) is 54.6 Å². The van der Waals surface area contributed by atoms with Gasteiger partial charge < -0.3 is 25.3 Å². The summed E-state index contributed by atoms with van der Waals surface area (Å²) in [5.74, 6) is 12.4. The lowest BCUT2D eigenvalue weighted by atomic mass is 10.1. The Balaban J connectivity index is 1.77. The highest BCUT2D eigenvalue weighted by atomic mass is 16.5. The van der Waals surface area contributed by atoms with Gasteiger partial charge in [-0.2, -0.15) is 0 Å². The van der Waals surface area contributed by atoms with Gasteiger partial charge in [0.2, 0.25) is 5.91 Å². The zero-order chi connectivity index (χ0) is 29.8. The van der Waals surface area contributed by atoms with Crippen molar-refractivity contribution in [1.82, 2.24) is 0 Å². The molecular weight excluding hydrogens is 530 g/mol. The van der Waals surface area contributed by atoms with Crippen molar-refractivity contribution in [3.05, 3.63) is 111 Å². The third-order valence-electron chi connectivity index (χ3n) is 5.61. The predicted molar refractivity (Wildman–Crippen MR) is 163 cm³/mol. The average Bonchev–Trinajstić information content (AvgIpc) is 3.00. The number of hydrogen-bond acceptors (Lipinski definition) is 6. The summed E-state index contributed by atoms with van der Waals surface area (Å²) in [7, 11) is 0. The van der Waals surface area contributed by atoms with Crippen LogP contribution in [0.15, 0.2) is 71.8 Å². The minimum absolute atomic E-state index is 0.154. The molecule has 0 fully saturated rings. The number of carbonyl (C=O) groups is 1. The van der Waals surface area contributed by atoms with Gasteiger partial charge in [0.1, 0.15) is 6.61 Å². The molecule has 0 unspecified atom stereocenters. The van der Waals surface area contributed by atoms with Crippen LogP contribution < -0.4 is 11.1 Å². The van der Waals surface area contributed by atoms with Gasteiger partial charge in [-0.3, -0.25) is 4.79 Å². The Labute approximate surface area is 247 Å². The Hall–Kier alpha value is -4.60. The normalized spacial score (nSPS) is 10.0. The quantitative estimate of drug-likeness (QED) is 0.0917. The number of anilines is 1. The van der Waals surface area contributed by atoms with E-state index in [-0.39, 0.29) is 25.7 Å². The first-order valence-electron chi connectivity index (χ1n) is 13.7. The molecule has 0 bridgehead atoms. The number of hydrogen-bond donors (Lipinski definition) is 2. The van der Waals surface area contributed by atoms with E-state index < -0.39 is 0 Å². The van der Waals surface area contributed by atoms with Crippen molar-refractivity contribution < 1.29 is 19.0 Å². The molecule has 0 aliphatic rings. The van der Waals surface area contributed by atoms with Crippen molar-refractivity contribution in [1.29, 1.82) is 0 Å². The Morgan fingerprint density at radius 3 is 1.88 bits per heavy atom. The number of benzene rings is 3. The third-order valence-corrected chi connectivity index (χ3v) is 5.61. The van der Waals surface area contributed by atoms with Crippen LogP contribution in [0.3, 0.4) is 0 Å². The molecule has 0 aromatic heterocycles. The zero-order valence-corrected chi connectivity index (χ0v) is 23.8. The third kappa shape index (κ3) is 12.3. The molecule has 9 heteroatoms. The monoisotopic (exact) mass is 565 g/mol. The summed E-state index contributed by atoms with van der Waals surface area (Å²) in [4.78, 5) is 15.1. The van der Waals surface area contributed by atoms with Crippen molar-refractivity contribution in [2.45, 2.75) is 26.6 Å². The van der Waals surface area contributed by atoms with Crippen LogP contribution in [0, 0.1) is 23.7 Å². The van der Waals surface area contributed by atoms with Gasteiger partial charge in [-0.1, -0.05) is 60.0 Å². The largest absolute Gasteiger partial charge is 0.377 e. The van der Waals surface area contributed by atoms with Gasteiger partial charge in [0.25, 0.3) is 0 Å². The standard InChI is InChI=1S/C33H35N5O4/c1-2-17-40-23-28-9-3-26(4-10-28)7-13-30-20-31(14-8-27-5-11-29(12-6-27)24-41-18-15-34)22-32(21-30)37-33(39)25-42-19-16-36-38-35/h3-6,9-12,20-22H,2,15-19,23-25,34H2,1H3,(H,37,39).